The van der Waals surface area contributed by atoms with Crippen LogP contribution in [0.4, 0.5) is 17.2 Å². The Labute approximate surface area is 162 Å². The summed E-state index contributed by atoms with van der Waals surface area (Å²) < 4.78 is 4.68. The van der Waals surface area contributed by atoms with Crippen LogP contribution >= 0.6 is 0 Å². The van der Waals surface area contributed by atoms with Gasteiger partial charge < -0.3 is 15.4 Å². The van der Waals surface area contributed by atoms with Crippen molar-refractivity contribution in [2.75, 3.05) is 17.7 Å². The fourth-order valence-corrected chi connectivity index (χ4v) is 2.64. The lowest BCUT2D eigenvalue weighted by atomic mass is 10.1. The molecule has 2 N–H and O–H groups in total. The summed E-state index contributed by atoms with van der Waals surface area (Å²) in [7, 11) is 1.33. The Hall–Kier alpha value is -3.74. The fraction of sp³-hybridized carbons (Fsp3) is 0.143. The summed E-state index contributed by atoms with van der Waals surface area (Å²) in [6.07, 6.45) is 2.14. The lowest BCUT2D eigenvalue weighted by Crippen LogP contribution is -2.15. The maximum Gasteiger partial charge on any atom is 0.337 e. The van der Waals surface area contributed by atoms with Crippen LogP contribution in [0.5, 0.6) is 0 Å². The van der Waals surface area contributed by atoms with Gasteiger partial charge in [0, 0.05) is 17.4 Å². The van der Waals surface area contributed by atoms with Gasteiger partial charge >= 0.3 is 5.97 Å². The average Bonchev–Trinajstić information content (AvgIpc) is 2.74. The first kappa shape index (κ1) is 19.0. The predicted molar refractivity (Wildman–Crippen MR) is 107 cm³/mol. The molecule has 0 radical (unpaired) electrons. The van der Waals surface area contributed by atoms with E-state index in [4.69, 9.17) is 0 Å². The number of methoxy groups -OCH3 is 1. The number of carbonyl (C=O) groups excluding carboxylic acids is 2. The van der Waals surface area contributed by atoms with Gasteiger partial charge in [0.15, 0.2) is 0 Å². The van der Waals surface area contributed by atoms with E-state index in [0.29, 0.717) is 17.1 Å². The van der Waals surface area contributed by atoms with Gasteiger partial charge in [0.1, 0.15) is 17.8 Å². The van der Waals surface area contributed by atoms with Crippen LogP contribution in [0, 0.1) is 0 Å². The molecule has 7 heteroatoms. The Morgan fingerprint density at radius 3 is 2.50 bits per heavy atom. The number of ether oxygens (including phenoxy) is 1. The van der Waals surface area contributed by atoms with E-state index in [2.05, 4.69) is 25.3 Å². The van der Waals surface area contributed by atoms with Crippen LogP contribution in [0.2, 0.25) is 0 Å². The third kappa shape index (κ3) is 4.50. The van der Waals surface area contributed by atoms with Crippen molar-refractivity contribution >= 4 is 29.1 Å². The van der Waals surface area contributed by atoms with Gasteiger partial charge in [0.05, 0.1) is 12.7 Å². The summed E-state index contributed by atoms with van der Waals surface area (Å²) in [6, 6.07) is 16.0. The molecule has 1 amide bonds. The lowest BCUT2D eigenvalue weighted by molar-refractivity contribution is 0.0600. The van der Waals surface area contributed by atoms with Crippen LogP contribution in [-0.4, -0.2) is 29.0 Å². The number of hydrogen-bond acceptors (Lipinski definition) is 6. The van der Waals surface area contributed by atoms with Crippen molar-refractivity contribution in [2.45, 2.75) is 13.3 Å². The first-order valence-electron chi connectivity index (χ1n) is 8.77. The number of nitrogens with one attached hydrogen (secondary N) is 2. The Kier molecular flexibility index (Phi) is 5.96. The van der Waals surface area contributed by atoms with Gasteiger partial charge in [-0.1, -0.05) is 25.1 Å². The molecule has 28 heavy (non-hydrogen) atoms. The van der Waals surface area contributed by atoms with Crippen molar-refractivity contribution in [2.24, 2.45) is 0 Å². The number of para-hydroxylation sites is 1. The zero-order chi connectivity index (χ0) is 19.9. The smallest absolute Gasteiger partial charge is 0.337 e. The summed E-state index contributed by atoms with van der Waals surface area (Å²) in [5.41, 5.74) is 3.23. The van der Waals surface area contributed by atoms with E-state index in [1.54, 1.807) is 30.3 Å². The van der Waals surface area contributed by atoms with Gasteiger partial charge in [-0.15, -0.1) is 0 Å². The molecule has 2 aromatic carbocycles. The summed E-state index contributed by atoms with van der Waals surface area (Å²) in [5, 5.41) is 5.97. The van der Waals surface area contributed by atoms with Gasteiger partial charge in [-0.25, -0.2) is 14.8 Å². The van der Waals surface area contributed by atoms with Crippen molar-refractivity contribution in [3.8, 4) is 0 Å². The molecule has 0 spiro atoms. The topological polar surface area (TPSA) is 93.2 Å². The first-order valence-corrected chi connectivity index (χ1v) is 8.77. The molecule has 0 aliphatic rings. The normalized spacial score (nSPS) is 10.2. The molecule has 142 valence electrons. The van der Waals surface area contributed by atoms with Crippen molar-refractivity contribution in [3.05, 3.63) is 77.7 Å². The van der Waals surface area contributed by atoms with Gasteiger partial charge in [-0.3, -0.25) is 4.79 Å². The molecular weight excluding hydrogens is 356 g/mol. The Bertz CT molecular complexity index is 987. The molecular formula is C21H20N4O3. The number of nitrogens with zero attached hydrogens (tertiary/aromatic N) is 2. The minimum absolute atomic E-state index is 0.245. The summed E-state index contributed by atoms with van der Waals surface area (Å²) in [5.74, 6) is -0.248. The molecule has 0 aliphatic carbocycles. The zero-order valence-electron chi connectivity index (χ0n) is 15.6. The second kappa shape index (κ2) is 8.77. The van der Waals surface area contributed by atoms with Crippen LogP contribution in [0.1, 0.15) is 33.3 Å². The summed E-state index contributed by atoms with van der Waals surface area (Å²) in [4.78, 5) is 32.2. The van der Waals surface area contributed by atoms with E-state index >= 15 is 0 Å². The fourth-order valence-electron chi connectivity index (χ4n) is 2.64. The number of esters is 1. The monoisotopic (exact) mass is 376 g/mol. The number of benzene rings is 2. The zero-order valence-corrected chi connectivity index (χ0v) is 15.6. The molecule has 0 fully saturated rings. The minimum atomic E-state index is -0.403. The van der Waals surface area contributed by atoms with E-state index in [-0.39, 0.29) is 11.6 Å². The second-order valence-electron chi connectivity index (χ2n) is 5.95. The van der Waals surface area contributed by atoms with Crippen LogP contribution in [0.25, 0.3) is 0 Å². The summed E-state index contributed by atoms with van der Waals surface area (Å²) >= 11 is 0. The van der Waals surface area contributed by atoms with E-state index in [0.717, 1.165) is 17.7 Å². The number of carbonyl (C=O) groups is 2. The quantitative estimate of drug-likeness (QED) is 0.635. The number of aryl methyl sites for hydroxylation is 1. The Balaban J connectivity index is 1.73. The maximum atomic E-state index is 12.6. The van der Waals surface area contributed by atoms with Crippen molar-refractivity contribution in [3.63, 3.8) is 0 Å². The van der Waals surface area contributed by atoms with Crippen LogP contribution in [0.3, 0.4) is 0 Å². The lowest BCUT2D eigenvalue weighted by Gasteiger charge is -2.10. The SMILES string of the molecule is CCc1ccccc1NC(=O)c1cc(Nc2ccc(C(=O)OC)cc2)ncn1. The Morgan fingerprint density at radius 1 is 1.04 bits per heavy atom. The van der Waals surface area contributed by atoms with Crippen molar-refractivity contribution in [1.82, 2.24) is 9.97 Å². The molecule has 3 aromatic rings. The number of hydrogen-bond donors (Lipinski definition) is 2. The Morgan fingerprint density at radius 2 is 1.79 bits per heavy atom. The molecule has 0 saturated heterocycles. The third-order valence-corrected chi connectivity index (χ3v) is 4.12. The largest absolute Gasteiger partial charge is 0.465 e. The minimum Gasteiger partial charge on any atom is -0.465 e. The van der Waals surface area contributed by atoms with E-state index in [1.807, 2.05) is 31.2 Å². The van der Waals surface area contributed by atoms with E-state index in [1.165, 1.54) is 13.4 Å². The first-order chi connectivity index (χ1) is 13.6. The third-order valence-electron chi connectivity index (χ3n) is 4.12. The second-order valence-corrected chi connectivity index (χ2v) is 5.95. The van der Waals surface area contributed by atoms with Crippen LogP contribution in [0.15, 0.2) is 60.9 Å². The highest BCUT2D eigenvalue weighted by Crippen LogP contribution is 2.18. The van der Waals surface area contributed by atoms with E-state index < -0.39 is 5.97 Å². The van der Waals surface area contributed by atoms with Gasteiger partial charge in [-0.05, 0) is 42.3 Å². The number of aromatic nitrogens is 2. The number of rotatable bonds is 6. The summed E-state index contributed by atoms with van der Waals surface area (Å²) in [6.45, 7) is 2.03. The highest BCUT2D eigenvalue weighted by molar-refractivity contribution is 6.03. The number of amides is 1. The maximum absolute atomic E-state index is 12.6. The molecule has 1 heterocycles. The predicted octanol–water partition coefficient (Wildman–Crippen LogP) is 3.82. The molecule has 0 atom stereocenters. The highest BCUT2D eigenvalue weighted by Gasteiger charge is 2.11. The standard InChI is InChI=1S/C21H20N4O3/c1-3-14-6-4-5-7-17(14)25-20(26)18-12-19(23-13-22-18)24-16-10-8-15(9-11-16)21(27)28-2/h4-13H,3H2,1-2H3,(H,25,26)(H,22,23,24). The van der Waals surface area contributed by atoms with Crippen molar-refractivity contribution in [1.29, 1.82) is 0 Å². The molecule has 1 aromatic heterocycles. The van der Waals surface area contributed by atoms with Crippen LogP contribution in [-0.2, 0) is 11.2 Å². The average molecular weight is 376 g/mol. The van der Waals surface area contributed by atoms with E-state index in [9.17, 15) is 9.59 Å². The van der Waals surface area contributed by atoms with Crippen molar-refractivity contribution < 1.29 is 14.3 Å². The molecule has 0 saturated carbocycles. The number of anilines is 3. The van der Waals surface area contributed by atoms with Gasteiger partial charge in [-0.2, -0.15) is 0 Å². The molecule has 0 aliphatic heterocycles. The van der Waals surface area contributed by atoms with Gasteiger partial charge in [0.25, 0.3) is 5.91 Å². The molecule has 7 nitrogen and oxygen atoms in total. The molecule has 0 bridgehead atoms. The van der Waals surface area contributed by atoms with Gasteiger partial charge in [0.2, 0.25) is 0 Å². The molecule has 0 unspecified atom stereocenters. The highest BCUT2D eigenvalue weighted by atomic mass is 16.5. The van der Waals surface area contributed by atoms with Crippen LogP contribution < -0.4 is 10.6 Å². The molecule has 3 rings (SSSR count).